The molecular formula is C11H13N5. The van der Waals surface area contributed by atoms with Crippen molar-refractivity contribution >= 4 is 5.82 Å². The van der Waals surface area contributed by atoms with Gasteiger partial charge >= 0.3 is 0 Å². The van der Waals surface area contributed by atoms with Crippen LogP contribution in [0.5, 0.6) is 0 Å². The van der Waals surface area contributed by atoms with Crippen molar-refractivity contribution in [2.45, 2.75) is 24.9 Å². The summed E-state index contributed by atoms with van der Waals surface area (Å²) >= 11 is 0. The third kappa shape index (κ3) is 1.51. The molecule has 0 radical (unpaired) electrons. The summed E-state index contributed by atoms with van der Waals surface area (Å²) < 4.78 is 0. The van der Waals surface area contributed by atoms with Crippen molar-refractivity contribution in [3.63, 3.8) is 0 Å². The Labute approximate surface area is 94.1 Å². The minimum atomic E-state index is 0.556. The maximum Gasteiger partial charge on any atom is 0.150 e. The van der Waals surface area contributed by atoms with Gasteiger partial charge in [0.25, 0.3) is 0 Å². The van der Waals surface area contributed by atoms with E-state index in [1.165, 1.54) is 19.2 Å². The number of nitrogens with zero attached hydrogens (tertiary/aromatic N) is 4. The van der Waals surface area contributed by atoms with Gasteiger partial charge in [0.05, 0.1) is 6.20 Å². The molecule has 2 bridgehead atoms. The lowest BCUT2D eigenvalue weighted by Gasteiger charge is -2.33. The van der Waals surface area contributed by atoms with Gasteiger partial charge < -0.3 is 10.2 Å². The molecule has 2 atom stereocenters. The van der Waals surface area contributed by atoms with Gasteiger partial charge in [-0.25, -0.2) is 9.97 Å². The smallest absolute Gasteiger partial charge is 0.150 e. The molecule has 0 aliphatic carbocycles. The molecule has 2 saturated heterocycles. The molecule has 3 rings (SSSR count). The monoisotopic (exact) mass is 215 g/mol. The van der Waals surface area contributed by atoms with Gasteiger partial charge in [0.15, 0.2) is 0 Å². The molecule has 3 heterocycles. The van der Waals surface area contributed by atoms with Crippen LogP contribution in [-0.4, -0.2) is 35.1 Å². The van der Waals surface area contributed by atoms with Crippen LogP contribution in [0.25, 0.3) is 0 Å². The van der Waals surface area contributed by atoms with Crippen LogP contribution in [0.15, 0.2) is 12.5 Å². The van der Waals surface area contributed by atoms with E-state index in [-0.39, 0.29) is 0 Å². The molecule has 0 spiro atoms. The Hall–Kier alpha value is -1.67. The summed E-state index contributed by atoms with van der Waals surface area (Å²) in [5, 5.41) is 12.6. The molecule has 2 aliphatic heterocycles. The predicted octanol–water partition coefficient (Wildman–Crippen LogP) is 0.289. The van der Waals surface area contributed by atoms with E-state index < -0.39 is 0 Å². The van der Waals surface area contributed by atoms with Gasteiger partial charge in [-0.3, -0.25) is 0 Å². The van der Waals surface area contributed by atoms with E-state index >= 15 is 0 Å². The van der Waals surface area contributed by atoms with Crippen molar-refractivity contribution in [3.05, 3.63) is 18.1 Å². The van der Waals surface area contributed by atoms with Crippen LogP contribution in [0.2, 0.25) is 0 Å². The fraction of sp³-hybridized carbons (Fsp3) is 0.545. The number of rotatable bonds is 1. The molecule has 16 heavy (non-hydrogen) atoms. The summed E-state index contributed by atoms with van der Waals surface area (Å²) in [6.45, 7) is 1.89. The molecule has 2 fully saturated rings. The molecule has 1 aromatic rings. The molecule has 82 valence electrons. The first-order chi connectivity index (χ1) is 7.86. The van der Waals surface area contributed by atoms with Gasteiger partial charge in [-0.1, -0.05) is 0 Å². The average molecular weight is 215 g/mol. The van der Waals surface area contributed by atoms with Gasteiger partial charge in [0.1, 0.15) is 23.8 Å². The van der Waals surface area contributed by atoms with Gasteiger partial charge in [-0.2, -0.15) is 5.26 Å². The van der Waals surface area contributed by atoms with Crippen molar-refractivity contribution in [1.82, 2.24) is 15.3 Å². The molecule has 5 nitrogen and oxygen atoms in total. The molecule has 1 N–H and O–H groups in total. The number of nitriles is 1. The van der Waals surface area contributed by atoms with Crippen LogP contribution >= 0.6 is 0 Å². The highest BCUT2D eigenvalue weighted by Crippen LogP contribution is 2.25. The summed E-state index contributed by atoms with van der Waals surface area (Å²) in [5.41, 5.74) is 0.573. The Morgan fingerprint density at radius 3 is 2.81 bits per heavy atom. The lowest BCUT2D eigenvalue weighted by atomic mass is 10.2. The Morgan fingerprint density at radius 2 is 2.12 bits per heavy atom. The first kappa shape index (κ1) is 9.55. The van der Waals surface area contributed by atoms with E-state index in [1.807, 2.05) is 0 Å². The zero-order chi connectivity index (χ0) is 11.0. The first-order valence-corrected chi connectivity index (χ1v) is 5.58. The minimum Gasteiger partial charge on any atom is -0.352 e. The van der Waals surface area contributed by atoms with Gasteiger partial charge in [-0.05, 0) is 12.8 Å². The third-order valence-corrected chi connectivity index (χ3v) is 3.33. The predicted molar refractivity (Wildman–Crippen MR) is 58.9 cm³/mol. The Morgan fingerprint density at radius 1 is 1.38 bits per heavy atom. The normalized spacial score (nSPS) is 27.8. The molecule has 0 amide bonds. The quantitative estimate of drug-likeness (QED) is 0.729. The van der Waals surface area contributed by atoms with Crippen LogP contribution in [0.1, 0.15) is 18.4 Å². The van der Waals surface area contributed by atoms with E-state index in [9.17, 15) is 0 Å². The highest BCUT2D eigenvalue weighted by Gasteiger charge is 2.33. The lowest BCUT2D eigenvalue weighted by Crippen LogP contribution is -2.51. The number of fused-ring (bicyclic) bond motifs is 2. The number of nitrogens with one attached hydrogen (secondary N) is 1. The Kier molecular flexibility index (Phi) is 2.22. The van der Waals surface area contributed by atoms with Crippen LogP contribution in [0.3, 0.4) is 0 Å². The number of hydrogen-bond acceptors (Lipinski definition) is 5. The fourth-order valence-corrected chi connectivity index (χ4v) is 2.62. The van der Waals surface area contributed by atoms with Gasteiger partial charge in [0, 0.05) is 25.2 Å². The van der Waals surface area contributed by atoms with Crippen LogP contribution < -0.4 is 10.2 Å². The van der Waals surface area contributed by atoms with Gasteiger partial charge in [-0.15, -0.1) is 0 Å². The highest BCUT2D eigenvalue weighted by molar-refractivity contribution is 5.53. The SMILES string of the molecule is N#Cc1cncnc1N1C[C@H]2CC[C@@H](C1)N2. The standard InChI is InChI=1S/C11H13N5/c12-3-8-4-13-7-14-11(8)16-5-9-1-2-10(6-16)15-9/h4,7,9-10,15H,1-2,5-6H2/t9-,10+. The van der Waals surface area contributed by atoms with Crippen molar-refractivity contribution in [3.8, 4) is 6.07 Å². The van der Waals surface area contributed by atoms with E-state index in [0.717, 1.165) is 18.9 Å². The summed E-state index contributed by atoms with van der Waals surface area (Å²) in [6.07, 6.45) is 5.56. The van der Waals surface area contributed by atoms with E-state index in [1.54, 1.807) is 6.20 Å². The lowest BCUT2D eigenvalue weighted by molar-refractivity contribution is 0.463. The number of anilines is 1. The molecule has 0 saturated carbocycles. The zero-order valence-electron chi connectivity index (χ0n) is 8.93. The molecule has 0 unspecified atom stereocenters. The number of aromatic nitrogens is 2. The average Bonchev–Trinajstić information content (AvgIpc) is 2.68. The topological polar surface area (TPSA) is 64.8 Å². The molecule has 0 aromatic carbocycles. The van der Waals surface area contributed by atoms with Crippen LogP contribution in [0.4, 0.5) is 5.82 Å². The second-order valence-electron chi connectivity index (χ2n) is 4.41. The third-order valence-electron chi connectivity index (χ3n) is 3.33. The van der Waals surface area contributed by atoms with Crippen molar-refractivity contribution in [2.24, 2.45) is 0 Å². The maximum absolute atomic E-state index is 9.02. The first-order valence-electron chi connectivity index (χ1n) is 5.58. The Balaban J connectivity index is 1.90. The minimum absolute atomic E-state index is 0.556. The molecule has 5 heteroatoms. The van der Waals surface area contributed by atoms with Crippen molar-refractivity contribution < 1.29 is 0 Å². The van der Waals surface area contributed by atoms with Crippen molar-refractivity contribution in [2.75, 3.05) is 18.0 Å². The summed E-state index contributed by atoms with van der Waals surface area (Å²) in [7, 11) is 0. The largest absolute Gasteiger partial charge is 0.352 e. The summed E-state index contributed by atoms with van der Waals surface area (Å²) in [4.78, 5) is 10.3. The second kappa shape index (κ2) is 3.72. The second-order valence-corrected chi connectivity index (χ2v) is 4.41. The highest BCUT2D eigenvalue weighted by atomic mass is 15.3. The molecule has 2 aliphatic rings. The van der Waals surface area contributed by atoms with E-state index in [4.69, 9.17) is 5.26 Å². The van der Waals surface area contributed by atoms with Crippen LogP contribution in [0, 0.1) is 11.3 Å². The Bertz CT molecular complexity index is 426. The maximum atomic E-state index is 9.02. The zero-order valence-corrected chi connectivity index (χ0v) is 8.93. The van der Waals surface area contributed by atoms with Gasteiger partial charge in [0.2, 0.25) is 0 Å². The van der Waals surface area contributed by atoms with E-state index in [2.05, 4.69) is 26.3 Å². The molecular weight excluding hydrogens is 202 g/mol. The number of piperazine rings is 1. The summed E-state index contributed by atoms with van der Waals surface area (Å²) in [5.74, 6) is 0.788. The van der Waals surface area contributed by atoms with Crippen molar-refractivity contribution in [1.29, 1.82) is 5.26 Å². The molecule has 1 aromatic heterocycles. The fourth-order valence-electron chi connectivity index (χ4n) is 2.62. The van der Waals surface area contributed by atoms with E-state index in [0.29, 0.717) is 17.6 Å². The number of hydrogen-bond donors (Lipinski definition) is 1. The van der Waals surface area contributed by atoms with Crippen LogP contribution in [-0.2, 0) is 0 Å². The summed E-state index contributed by atoms with van der Waals surface area (Å²) in [6, 6.07) is 3.27.